The zero-order valence-corrected chi connectivity index (χ0v) is 10.5. The molecule has 0 N–H and O–H groups in total. The zero-order chi connectivity index (χ0) is 11.8. The van der Waals surface area contributed by atoms with Gasteiger partial charge in [-0.1, -0.05) is 40.2 Å². The van der Waals surface area contributed by atoms with Gasteiger partial charge in [0.15, 0.2) is 5.65 Å². The quantitative estimate of drug-likeness (QED) is 0.774. The van der Waals surface area contributed by atoms with E-state index in [-0.39, 0.29) is 5.41 Å². The number of nitrogens with zero attached hydrogens (tertiary/aromatic N) is 3. The summed E-state index contributed by atoms with van der Waals surface area (Å²) in [4.78, 5) is 0. The monoisotopic (exact) mass is 217 g/mol. The number of fused-ring (bicyclic) bond motifs is 1. The van der Waals surface area contributed by atoms with E-state index in [1.54, 1.807) is 0 Å². The molecular formula is C13H19N3. The van der Waals surface area contributed by atoms with Crippen molar-refractivity contribution < 1.29 is 0 Å². The molecule has 0 radical (unpaired) electrons. The highest BCUT2D eigenvalue weighted by Gasteiger charge is 2.21. The summed E-state index contributed by atoms with van der Waals surface area (Å²) in [6.07, 6.45) is 2.21. The summed E-state index contributed by atoms with van der Waals surface area (Å²) in [5, 5.41) is 8.56. The Bertz CT molecular complexity index is 491. The molecule has 0 aromatic carbocycles. The SMILES string of the molecule is CCCc1cccc2nnc(C(C)(C)C)n12. The third-order valence-corrected chi connectivity index (χ3v) is 2.69. The Balaban J connectivity index is 2.68. The Kier molecular flexibility index (Phi) is 2.70. The van der Waals surface area contributed by atoms with Gasteiger partial charge in [-0.3, -0.25) is 4.40 Å². The van der Waals surface area contributed by atoms with Gasteiger partial charge >= 0.3 is 0 Å². The van der Waals surface area contributed by atoms with Crippen molar-refractivity contribution in [2.45, 2.75) is 46.0 Å². The highest BCUT2D eigenvalue weighted by molar-refractivity contribution is 5.41. The molecule has 0 saturated carbocycles. The van der Waals surface area contributed by atoms with Gasteiger partial charge in [-0.25, -0.2) is 0 Å². The van der Waals surface area contributed by atoms with Crippen LogP contribution in [-0.2, 0) is 11.8 Å². The third kappa shape index (κ3) is 1.82. The number of hydrogen-bond donors (Lipinski definition) is 0. The lowest BCUT2D eigenvalue weighted by Crippen LogP contribution is -2.17. The molecule has 0 bridgehead atoms. The lowest BCUT2D eigenvalue weighted by Gasteiger charge is -2.17. The van der Waals surface area contributed by atoms with Crippen LogP contribution in [0.5, 0.6) is 0 Å². The van der Waals surface area contributed by atoms with E-state index < -0.39 is 0 Å². The topological polar surface area (TPSA) is 30.2 Å². The van der Waals surface area contributed by atoms with Gasteiger partial charge in [0.25, 0.3) is 0 Å². The normalized spacial score (nSPS) is 12.2. The van der Waals surface area contributed by atoms with Crippen LogP contribution in [0.15, 0.2) is 18.2 Å². The molecule has 0 fully saturated rings. The molecule has 16 heavy (non-hydrogen) atoms. The molecule has 2 aromatic rings. The van der Waals surface area contributed by atoms with Gasteiger partial charge in [0.1, 0.15) is 5.82 Å². The van der Waals surface area contributed by atoms with Crippen LogP contribution in [0.2, 0.25) is 0 Å². The van der Waals surface area contributed by atoms with E-state index in [0.717, 1.165) is 24.3 Å². The van der Waals surface area contributed by atoms with E-state index >= 15 is 0 Å². The van der Waals surface area contributed by atoms with Gasteiger partial charge in [0, 0.05) is 11.1 Å². The summed E-state index contributed by atoms with van der Waals surface area (Å²) in [7, 11) is 0. The van der Waals surface area contributed by atoms with Crippen LogP contribution in [0.4, 0.5) is 0 Å². The van der Waals surface area contributed by atoms with Crippen LogP contribution in [0.3, 0.4) is 0 Å². The fourth-order valence-electron chi connectivity index (χ4n) is 1.94. The van der Waals surface area contributed by atoms with Gasteiger partial charge in [0.2, 0.25) is 0 Å². The van der Waals surface area contributed by atoms with Gasteiger partial charge in [0.05, 0.1) is 0 Å². The van der Waals surface area contributed by atoms with Crippen LogP contribution in [0.25, 0.3) is 5.65 Å². The van der Waals surface area contributed by atoms with Crippen LogP contribution in [-0.4, -0.2) is 14.6 Å². The van der Waals surface area contributed by atoms with Crippen LogP contribution < -0.4 is 0 Å². The van der Waals surface area contributed by atoms with E-state index in [0.29, 0.717) is 0 Å². The predicted molar refractivity (Wildman–Crippen MR) is 65.7 cm³/mol. The molecule has 0 unspecified atom stereocenters. The first-order valence-corrected chi connectivity index (χ1v) is 5.87. The summed E-state index contributed by atoms with van der Waals surface area (Å²) in [6, 6.07) is 6.23. The maximum atomic E-state index is 4.32. The fourth-order valence-corrected chi connectivity index (χ4v) is 1.94. The predicted octanol–water partition coefficient (Wildman–Crippen LogP) is 2.98. The average Bonchev–Trinajstić information content (AvgIpc) is 2.62. The molecule has 2 heterocycles. The Morgan fingerprint density at radius 1 is 1.19 bits per heavy atom. The Hall–Kier alpha value is -1.38. The molecule has 86 valence electrons. The van der Waals surface area contributed by atoms with E-state index in [1.165, 1.54) is 5.69 Å². The van der Waals surface area contributed by atoms with Crippen LogP contribution in [0, 0.1) is 0 Å². The van der Waals surface area contributed by atoms with Gasteiger partial charge < -0.3 is 0 Å². The van der Waals surface area contributed by atoms with Crippen LogP contribution in [0.1, 0.15) is 45.6 Å². The second kappa shape index (κ2) is 3.89. The molecule has 0 spiro atoms. The molecule has 3 nitrogen and oxygen atoms in total. The van der Waals surface area contributed by atoms with Gasteiger partial charge in [-0.15, -0.1) is 10.2 Å². The summed E-state index contributed by atoms with van der Waals surface area (Å²) >= 11 is 0. The Labute approximate surface area is 96.5 Å². The second-order valence-corrected chi connectivity index (χ2v) is 5.23. The first-order valence-electron chi connectivity index (χ1n) is 5.87. The van der Waals surface area contributed by atoms with Crippen molar-refractivity contribution in [2.24, 2.45) is 0 Å². The Morgan fingerprint density at radius 3 is 2.56 bits per heavy atom. The highest BCUT2D eigenvalue weighted by atomic mass is 15.3. The number of pyridine rings is 1. The van der Waals surface area contributed by atoms with Crippen molar-refractivity contribution in [3.63, 3.8) is 0 Å². The van der Waals surface area contributed by atoms with E-state index in [2.05, 4.69) is 54.4 Å². The largest absolute Gasteiger partial charge is 0.283 e. The lowest BCUT2D eigenvalue weighted by molar-refractivity contribution is 0.534. The average molecular weight is 217 g/mol. The van der Waals surface area contributed by atoms with E-state index in [1.807, 2.05) is 6.07 Å². The number of aryl methyl sites for hydroxylation is 1. The van der Waals surface area contributed by atoms with Gasteiger partial charge in [-0.05, 0) is 18.6 Å². The molecule has 2 aromatic heterocycles. The number of hydrogen-bond acceptors (Lipinski definition) is 2. The second-order valence-electron chi connectivity index (χ2n) is 5.23. The van der Waals surface area contributed by atoms with Crippen molar-refractivity contribution in [3.05, 3.63) is 29.7 Å². The van der Waals surface area contributed by atoms with Crippen molar-refractivity contribution in [3.8, 4) is 0 Å². The van der Waals surface area contributed by atoms with Crippen LogP contribution >= 0.6 is 0 Å². The molecule has 3 heteroatoms. The maximum absolute atomic E-state index is 4.32. The van der Waals surface area contributed by atoms with Crippen molar-refractivity contribution >= 4 is 5.65 Å². The Morgan fingerprint density at radius 2 is 1.94 bits per heavy atom. The lowest BCUT2D eigenvalue weighted by atomic mass is 9.95. The summed E-state index contributed by atoms with van der Waals surface area (Å²) < 4.78 is 2.20. The third-order valence-electron chi connectivity index (χ3n) is 2.69. The summed E-state index contributed by atoms with van der Waals surface area (Å²) in [6.45, 7) is 8.71. The molecule has 2 rings (SSSR count). The highest BCUT2D eigenvalue weighted by Crippen LogP contribution is 2.22. The van der Waals surface area contributed by atoms with E-state index in [9.17, 15) is 0 Å². The minimum atomic E-state index is 0.0310. The van der Waals surface area contributed by atoms with Crippen molar-refractivity contribution in [2.75, 3.05) is 0 Å². The molecule has 0 amide bonds. The minimum absolute atomic E-state index is 0.0310. The van der Waals surface area contributed by atoms with Gasteiger partial charge in [-0.2, -0.15) is 0 Å². The molecule has 0 aliphatic rings. The number of aromatic nitrogens is 3. The molecule has 0 aliphatic heterocycles. The number of rotatable bonds is 2. The molecular weight excluding hydrogens is 198 g/mol. The van der Waals surface area contributed by atoms with E-state index in [4.69, 9.17) is 0 Å². The van der Waals surface area contributed by atoms with Crippen molar-refractivity contribution in [1.82, 2.24) is 14.6 Å². The van der Waals surface area contributed by atoms with Crippen molar-refractivity contribution in [1.29, 1.82) is 0 Å². The fraction of sp³-hybridized carbons (Fsp3) is 0.538. The maximum Gasteiger partial charge on any atom is 0.160 e. The first kappa shape index (κ1) is 11.1. The standard InChI is InChI=1S/C13H19N3/c1-5-7-10-8-6-9-11-14-15-12(16(10)11)13(2,3)4/h6,8-9H,5,7H2,1-4H3. The summed E-state index contributed by atoms with van der Waals surface area (Å²) in [5.41, 5.74) is 2.29. The zero-order valence-electron chi connectivity index (χ0n) is 10.5. The molecule has 0 aliphatic carbocycles. The molecule has 0 atom stereocenters. The first-order chi connectivity index (χ1) is 7.54. The summed E-state index contributed by atoms with van der Waals surface area (Å²) in [5.74, 6) is 1.05. The smallest absolute Gasteiger partial charge is 0.160 e. The molecule has 0 saturated heterocycles. The minimum Gasteiger partial charge on any atom is -0.283 e.